The van der Waals surface area contributed by atoms with Crippen LogP contribution in [0.25, 0.3) is 0 Å². The van der Waals surface area contributed by atoms with Crippen LogP contribution in [-0.2, 0) is 17.8 Å². The lowest BCUT2D eigenvalue weighted by atomic mass is 10.1. The van der Waals surface area contributed by atoms with Crippen LogP contribution < -0.4 is 10.5 Å². The van der Waals surface area contributed by atoms with Crippen LogP contribution in [0.1, 0.15) is 11.1 Å². The van der Waals surface area contributed by atoms with Crippen LogP contribution in [0.4, 0.5) is 5.69 Å². The van der Waals surface area contributed by atoms with E-state index in [9.17, 15) is 9.90 Å². The molecule has 1 aromatic carbocycles. The van der Waals surface area contributed by atoms with E-state index in [1.54, 1.807) is 0 Å². The van der Waals surface area contributed by atoms with E-state index in [0.29, 0.717) is 37.4 Å². The van der Waals surface area contributed by atoms with Crippen molar-refractivity contribution in [2.24, 2.45) is 0 Å². The average Bonchev–Trinajstić information content (AvgIpc) is 2.75. The fourth-order valence-corrected chi connectivity index (χ4v) is 3.82. The lowest BCUT2D eigenvalue weighted by Gasteiger charge is -2.36. The number of hydrogen-bond acceptors (Lipinski definition) is 7. The molecule has 4 rings (SSSR count). The van der Waals surface area contributed by atoms with Crippen LogP contribution in [0, 0.1) is 0 Å². The van der Waals surface area contributed by atoms with Crippen molar-refractivity contribution in [2.45, 2.75) is 13.1 Å². The van der Waals surface area contributed by atoms with E-state index in [4.69, 9.17) is 9.15 Å². The van der Waals surface area contributed by atoms with Crippen molar-refractivity contribution in [2.75, 3.05) is 57.4 Å². The summed E-state index contributed by atoms with van der Waals surface area (Å²) in [7, 11) is 0. The number of benzene rings is 1. The summed E-state index contributed by atoms with van der Waals surface area (Å²) in [6.07, 6.45) is 1.41. The van der Waals surface area contributed by atoms with E-state index >= 15 is 0 Å². The molecule has 2 saturated heterocycles. The minimum atomic E-state index is -0.457. The second-order valence-corrected chi connectivity index (χ2v) is 7.36. The number of para-hydroxylation sites is 1. The molecule has 0 unspecified atom stereocenters. The Bertz CT molecular complexity index is 825. The van der Waals surface area contributed by atoms with Crippen molar-refractivity contribution in [3.8, 4) is 5.75 Å². The third kappa shape index (κ3) is 4.38. The van der Waals surface area contributed by atoms with E-state index in [1.807, 2.05) is 6.07 Å². The predicted octanol–water partition coefficient (Wildman–Crippen LogP) is 1.50. The first-order valence-electron chi connectivity index (χ1n) is 9.85. The number of hydrogen-bond donors (Lipinski definition) is 1. The van der Waals surface area contributed by atoms with Gasteiger partial charge in [0, 0.05) is 63.6 Å². The lowest BCUT2D eigenvalue weighted by molar-refractivity contribution is 0.0333. The highest BCUT2D eigenvalue weighted by atomic mass is 16.5. The van der Waals surface area contributed by atoms with Gasteiger partial charge in [-0.2, -0.15) is 0 Å². The van der Waals surface area contributed by atoms with Crippen molar-refractivity contribution in [3.05, 3.63) is 58.1 Å². The minimum absolute atomic E-state index is 0.0771. The Labute approximate surface area is 164 Å². The highest BCUT2D eigenvalue weighted by Crippen LogP contribution is 2.24. The molecule has 7 nitrogen and oxygen atoms in total. The number of anilines is 1. The molecule has 2 fully saturated rings. The first kappa shape index (κ1) is 19.0. The topological polar surface area (TPSA) is 69.4 Å². The Morgan fingerprint density at radius 2 is 1.57 bits per heavy atom. The first-order valence-corrected chi connectivity index (χ1v) is 9.85. The molecule has 1 aromatic heterocycles. The molecule has 3 heterocycles. The molecular weight excluding hydrogens is 358 g/mol. The van der Waals surface area contributed by atoms with E-state index in [0.717, 1.165) is 39.3 Å². The van der Waals surface area contributed by atoms with E-state index in [2.05, 4.69) is 39.0 Å². The van der Waals surface area contributed by atoms with Gasteiger partial charge >= 0.3 is 5.63 Å². The number of nitrogens with zero attached hydrogens (tertiary/aromatic N) is 3. The van der Waals surface area contributed by atoms with Crippen molar-refractivity contribution in [1.82, 2.24) is 9.80 Å². The van der Waals surface area contributed by atoms with Gasteiger partial charge in [-0.1, -0.05) is 18.2 Å². The second-order valence-electron chi connectivity index (χ2n) is 7.36. The standard InChI is InChI=1S/C21H27N3O4/c25-20-17(16-28-21(26)19(20)15-23-10-12-27-13-11-23)14-22-6-8-24(9-7-22)18-4-2-1-3-5-18/h1-5,16,25H,6-15H2. The van der Waals surface area contributed by atoms with E-state index < -0.39 is 5.63 Å². The molecular formula is C21H27N3O4. The van der Waals surface area contributed by atoms with Crippen LogP contribution >= 0.6 is 0 Å². The molecule has 0 spiro atoms. The van der Waals surface area contributed by atoms with Gasteiger partial charge in [-0.25, -0.2) is 4.79 Å². The molecule has 2 aliphatic heterocycles. The highest BCUT2D eigenvalue weighted by Gasteiger charge is 2.22. The van der Waals surface area contributed by atoms with Gasteiger partial charge in [0.1, 0.15) is 12.0 Å². The van der Waals surface area contributed by atoms with Crippen molar-refractivity contribution >= 4 is 5.69 Å². The summed E-state index contributed by atoms with van der Waals surface area (Å²) < 4.78 is 10.6. The summed E-state index contributed by atoms with van der Waals surface area (Å²) in [5.74, 6) is 0.0771. The lowest BCUT2D eigenvalue weighted by Crippen LogP contribution is -2.46. The molecule has 2 aliphatic rings. The molecule has 1 N–H and O–H groups in total. The molecule has 0 aliphatic carbocycles. The summed E-state index contributed by atoms with van der Waals surface area (Å²) in [5.41, 5.74) is 1.81. The third-order valence-electron chi connectivity index (χ3n) is 5.52. The summed E-state index contributed by atoms with van der Waals surface area (Å²) in [6, 6.07) is 10.4. The minimum Gasteiger partial charge on any atom is -0.507 e. The molecule has 28 heavy (non-hydrogen) atoms. The molecule has 2 aromatic rings. The van der Waals surface area contributed by atoms with Gasteiger partial charge in [0.2, 0.25) is 0 Å². The first-order chi connectivity index (χ1) is 13.7. The van der Waals surface area contributed by atoms with E-state index in [1.165, 1.54) is 12.0 Å². The van der Waals surface area contributed by atoms with Gasteiger partial charge in [0.15, 0.2) is 0 Å². The van der Waals surface area contributed by atoms with Crippen LogP contribution in [0.3, 0.4) is 0 Å². The number of rotatable bonds is 5. The summed E-state index contributed by atoms with van der Waals surface area (Å²) in [6.45, 7) is 7.44. The fourth-order valence-electron chi connectivity index (χ4n) is 3.82. The Morgan fingerprint density at radius 3 is 2.29 bits per heavy atom. The molecule has 0 atom stereocenters. The zero-order valence-electron chi connectivity index (χ0n) is 16.0. The Morgan fingerprint density at radius 1 is 0.893 bits per heavy atom. The Kier molecular flexibility index (Phi) is 5.95. The summed E-state index contributed by atoms with van der Waals surface area (Å²) >= 11 is 0. The molecule has 150 valence electrons. The largest absolute Gasteiger partial charge is 0.507 e. The van der Waals surface area contributed by atoms with Gasteiger partial charge < -0.3 is 19.2 Å². The van der Waals surface area contributed by atoms with Crippen LogP contribution in [0.2, 0.25) is 0 Å². The number of ether oxygens (including phenoxy) is 1. The van der Waals surface area contributed by atoms with Gasteiger partial charge in [0.05, 0.1) is 18.8 Å². The normalized spacial score (nSPS) is 19.1. The van der Waals surface area contributed by atoms with Crippen LogP contribution in [0.15, 0.2) is 45.8 Å². The zero-order chi connectivity index (χ0) is 19.3. The van der Waals surface area contributed by atoms with Crippen LogP contribution in [-0.4, -0.2) is 67.4 Å². The van der Waals surface area contributed by atoms with Crippen molar-refractivity contribution in [1.29, 1.82) is 0 Å². The summed E-state index contributed by atoms with van der Waals surface area (Å²) in [5, 5.41) is 10.7. The fraction of sp³-hybridized carbons (Fsp3) is 0.476. The monoisotopic (exact) mass is 385 g/mol. The predicted molar refractivity (Wildman–Crippen MR) is 107 cm³/mol. The maximum absolute atomic E-state index is 12.2. The summed E-state index contributed by atoms with van der Waals surface area (Å²) in [4.78, 5) is 18.9. The number of piperazine rings is 1. The van der Waals surface area contributed by atoms with Gasteiger partial charge in [-0.05, 0) is 12.1 Å². The molecule has 0 radical (unpaired) electrons. The maximum Gasteiger partial charge on any atom is 0.343 e. The Balaban J connectivity index is 1.40. The average molecular weight is 385 g/mol. The maximum atomic E-state index is 12.2. The molecule has 0 amide bonds. The smallest absolute Gasteiger partial charge is 0.343 e. The van der Waals surface area contributed by atoms with E-state index in [-0.39, 0.29) is 5.75 Å². The highest BCUT2D eigenvalue weighted by molar-refractivity contribution is 5.46. The van der Waals surface area contributed by atoms with Gasteiger partial charge in [-0.3, -0.25) is 9.80 Å². The zero-order valence-corrected chi connectivity index (χ0v) is 16.0. The van der Waals surface area contributed by atoms with Gasteiger partial charge in [-0.15, -0.1) is 0 Å². The Hall–Kier alpha value is -2.35. The number of aromatic hydroxyl groups is 1. The molecule has 7 heteroatoms. The second kappa shape index (κ2) is 8.77. The van der Waals surface area contributed by atoms with Crippen molar-refractivity contribution < 1.29 is 14.3 Å². The SMILES string of the molecule is O=c1occ(CN2CCN(c3ccccc3)CC2)c(O)c1CN1CCOCC1. The third-order valence-corrected chi connectivity index (χ3v) is 5.52. The molecule has 0 saturated carbocycles. The molecule has 0 bridgehead atoms. The van der Waals surface area contributed by atoms with Gasteiger partial charge in [0.25, 0.3) is 0 Å². The number of morpholine rings is 1. The quantitative estimate of drug-likeness (QED) is 0.836. The van der Waals surface area contributed by atoms with Crippen molar-refractivity contribution in [3.63, 3.8) is 0 Å². The van der Waals surface area contributed by atoms with Crippen LogP contribution in [0.5, 0.6) is 5.75 Å².